The molecule has 0 unspecified atom stereocenters. The van der Waals surface area contributed by atoms with Crippen molar-refractivity contribution >= 4 is 33.8 Å². The van der Waals surface area contributed by atoms with Crippen LogP contribution in [0, 0.1) is 0 Å². The summed E-state index contributed by atoms with van der Waals surface area (Å²) in [5.41, 5.74) is 2.90. The van der Waals surface area contributed by atoms with Crippen LogP contribution < -0.4 is 0 Å². The Morgan fingerprint density at radius 1 is 1.17 bits per heavy atom. The first-order valence-corrected chi connectivity index (χ1v) is 11.7. The highest BCUT2D eigenvalue weighted by Crippen LogP contribution is 2.33. The number of piperidine rings is 1. The number of rotatable bonds is 4. The fraction of sp³-hybridized carbons (Fsp3) is 0.455. The summed E-state index contributed by atoms with van der Waals surface area (Å²) >= 11 is 8.02. The minimum Gasteiger partial charge on any atom is -0.337 e. The number of carbonyl (C=O) groups excluding carboxylic acids is 1. The second-order valence-electron chi connectivity index (χ2n) is 8.06. The van der Waals surface area contributed by atoms with Crippen molar-refractivity contribution < 1.29 is 4.79 Å². The molecule has 2 fully saturated rings. The molecule has 1 aromatic carbocycles. The average Bonchev–Trinajstić information content (AvgIpc) is 3.46. The molecule has 5 rings (SSSR count). The summed E-state index contributed by atoms with van der Waals surface area (Å²) in [4.78, 5) is 23.3. The molecule has 0 aliphatic carbocycles. The largest absolute Gasteiger partial charge is 0.337 e. The van der Waals surface area contributed by atoms with Crippen LogP contribution in [0.25, 0.3) is 4.96 Å². The van der Waals surface area contributed by atoms with Crippen LogP contribution in [0.3, 0.4) is 0 Å². The van der Waals surface area contributed by atoms with Gasteiger partial charge < -0.3 is 4.90 Å². The number of amides is 1. The number of benzene rings is 1. The normalized spacial score (nSPS) is 20.6. The zero-order valence-corrected chi connectivity index (χ0v) is 18.0. The molecule has 29 heavy (non-hydrogen) atoms. The van der Waals surface area contributed by atoms with Crippen molar-refractivity contribution in [3.63, 3.8) is 0 Å². The summed E-state index contributed by atoms with van der Waals surface area (Å²) in [5, 5.41) is 2.89. The lowest BCUT2D eigenvalue weighted by Crippen LogP contribution is -2.36. The maximum absolute atomic E-state index is 13.2. The maximum Gasteiger partial charge on any atom is 0.274 e. The third-order valence-electron chi connectivity index (χ3n) is 6.20. The Morgan fingerprint density at radius 2 is 2.00 bits per heavy atom. The molecule has 152 valence electrons. The van der Waals surface area contributed by atoms with Gasteiger partial charge in [-0.25, -0.2) is 4.98 Å². The molecule has 0 saturated carbocycles. The van der Waals surface area contributed by atoms with E-state index in [2.05, 4.69) is 21.4 Å². The number of hydrogen-bond acceptors (Lipinski definition) is 4. The van der Waals surface area contributed by atoms with E-state index >= 15 is 0 Å². The molecular formula is C22H25ClN4OS. The average molecular weight is 429 g/mol. The number of aromatic nitrogens is 2. The van der Waals surface area contributed by atoms with Crippen molar-refractivity contribution in [1.29, 1.82) is 0 Å². The summed E-state index contributed by atoms with van der Waals surface area (Å²) in [7, 11) is 0. The van der Waals surface area contributed by atoms with E-state index in [-0.39, 0.29) is 5.91 Å². The lowest BCUT2D eigenvalue weighted by Gasteiger charge is -2.26. The first-order chi connectivity index (χ1) is 14.2. The van der Waals surface area contributed by atoms with Gasteiger partial charge in [-0.15, -0.1) is 11.3 Å². The summed E-state index contributed by atoms with van der Waals surface area (Å²) in [6, 6.07) is 8.15. The predicted octanol–water partition coefficient (Wildman–Crippen LogP) is 4.66. The van der Waals surface area contributed by atoms with E-state index in [4.69, 9.17) is 16.6 Å². The highest BCUT2D eigenvalue weighted by atomic mass is 35.5. The number of carbonyl (C=O) groups is 1. The van der Waals surface area contributed by atoms with E-state index in [1.807, 2.05) is 28.6 Å². The first-order valence-electron chi connectivity index (χ1n) is 10.4. The van der Waals surface area contributed by atoms with E-state index in [0.717, 1.165) is 67.7 Å². The number of hydrogen-bond donors (Lipinski definition) is 0. The first kappa shape index (κ1) is 19.1. The van der Waals surface area contributed by atoms with Gasteiger partial charge in [0.05, 0.1) is 5.69 Å². The maximum atomic E-state index is 13.2. The molecule has 0 N–H and O–H groups in total. The van der Waals surface area contributed by atoms with Crippen LogP contribution in [0.1, 0.15) is 53.3 Å². The van der Waals surface area contributed by atoms with E-state index in [0.29, 0.717) is 11.6 Å². The van der Waals surface area contributed by atoms with Crippen LogP contribution in [0.4, 0.5) is 0 Å². The zero-order chi connectivity index (χ0) is 19.8. The number of fused-ring (bicyclic) bond motifs is 1. The molecule has 0 radical (unpaired) electrons. The Hall–Kier alpha value is -1.89. The molecule has 2 aliphatic heterocycles. The quantitative estimate of drug-likeness (QED) is 0.606. The molecule has 7 heteroatoms. The molecule has 1 atom stereocenters. The number of thiazole rings is 1. The molecule has 1 amide bonds. The van der Waals surface area contributed by atoms with Crippen molar-refractivity contribution in [2.75, 3.05) is 26.2 Å². The molecule has 3 aromatic rings. The van der Waals surface area contributed by atoms with Crippen molar-refractivity contribution in [2.24, 2.45) is 0 Å². The Morgan fingerprint density at radius 3 is 2.83 bits per heavy atom. The molecule has 0 spiro atoms. The van der Waals surface area contributed by atoms with Crippen molar-refractivity contribution in [3.05, 3.63) is 57.8 Å². The van der Waals surface area contributed by atoms with Crippen molar-refractivity contribution in [2.45, 2.75) is 38.1 Å². The second-order valence-corrected chi connectivity index (χ2v) is 9.34. The highest BCUT2D eigenvalue weighted by Gasteiger charge is 2.30. The number of halogens is 1. The SMILES string of the molecule is O=C(c1nc2sccn2c1CN1CC[C@H](c2ccccc2Cl)C1)N1CCCCC1. The molecule has 5 nitrogen and oxygen atoms in total. The third-order valence-corrected chi connectivity index (χ3v) is 7.30. The zero-order valence-electron chi connectivity index (χ0n) is 16.4. The Bertz CT molecular complexity index is 1020. The van der Waals surface area contributed by atoms with E-state index in [1.165, 1.54) is 12.0 Å². The van der Waals surface area contributed by atoms with Crippen LogP contribution in [-0.4, -0.2) is 51.3 Å². The Balaban J connectivity index is 1.38. The Kier molecular flexibility index (Phi) is 5.33. The highest BCUT2D eigenvalue weighted by molar-refractivity contribution is 7.15. The fourth-order valence-electron chi connectivity index (χ4n) is 4.65. The number of likely N-dealkylation sites (tertiary alicyclic amines) is 2. The van der Waals surface area contributed by atoms with Gasteiger partial charge in [0.2, 0.25) is 0 Å². The van der Waals surface area contributed by atoms with Crippen molar-refractivity contribution in [3.8, 4) is 0 Å². The van der Waals surface area contributed by atoms with Gasteiger partial charge in [-0.2, -0.15) is 0 Å². The monoisotopic (exact) mass is 428 g/mol. The van der Waals surface area contributed by atoms with Gasteiger partial charge in [0.1, 0.15) is 0 Å². The number of imidazole rings is 1. The summed E-state index contributed by atoms with van der Waals surface area (Å²) in [6.45, 7) is 4.40. The summed E-state index contributed by atoms with van der Waals surface area (Å²) in [6.07, 6.45) is 6.53. The van der Waals surface area contributed by atoms with Gasteiger partial charge >= 0.3 is 0 Å². The molecule has 2 aliphatic rings. The molecule has 4 heterocycles. The van der Waals surface area contributed by atoms with Crippen LogP contribution in [-0.2, 0) is 6.54 Å². The molecule has 2 aromatic heterocycles. The van der Waals surface area contributed by atoms with Gasteiger partial charge in [0, 0.05) is 42.8 Å². The second kappa shape index (κ2) is 8.09. The minimum atomic E-state index is 0.0949. The van der Waals surface area contributed by atoms with Crippen LogP contribution in [0.2, 0.25) is 5.02 Å². The van der Waals surface area contributed by atoms with Crippen molar-refractivity contribution in [1.82, 2.24) is 19.2 Å². The topological polar surface area (TPSA) is 40.9 Å². The molecular weight excluding hydrogens is 404 g/mol. The predicted molar refractivity (Wildman–Crippen MR) is 117 cm³/mol. The van der Waals surface area contributed by atoms with Crippen LogP contribution >= 0.6 is 22.9 Å². The smallest absolute Gasteiger partial charge is 0.274 e. The van der Waals surface area contributed by atoms with E-state index in [1.54, 1.807) is 11.3 Å². The fourth-order valence-corrected chi connectivity index (χ4v) is 5.67. The minimum absolute atomic E-state index is 0.0949. The van der Waals surface area contributed by atoms with Gasteiger partial charge in [-0.05, 0) is 49.8 Å². The lowest BCUT2D eigenvalue weighted by atomic mass is 9.98. The van der Waals surface area contributed by atoms with E-state index in [9.17, 15) is 4.79 Å². The van der Waals surface area contributed by atoms with Crippen LogP contribution in [0.5, 0.6) is 0 Å². The standard InChI is InChI=1S/C22H25ClN4OS/c23-18-7-3-2-6-17(18)16-8-11-25(14-16)15-19-20(24-22-27(19)12-13-29-22)21(28)26-9-4-1-5-10-26/h2-3,6-7,12-13,16H,1,4-5,8-11,14-15H2/t16-/m0/s1. The van der Waals surface area contributed by atoms with Gasteiger partial charge in [-0.3, -0.25) is 14.1 Å². The lowest BCUT2D eigenvalue weighted by molar-refractivity contribution is 0.0716. The summed E-state index contributed by atoms with van der Waals surface area (Å²) in [5.74, 6) is 0.535. The molecule has 2 saturated heterocycles. The van der Waals surface area contributed by atoms with Gasteiger partial charge in [0.15, 0.2) is 10.7 Å². The summed E-state index contributed by atoms with van der Waals surface area (Å²) < 4.78 is 2.10. The Labute approximate surface area is 179 Å². The van der Waals surface area contributed by atoms with Crippen LogP contribution in [0.15, 0.2) is 35.8 Å². The molecule has 0 bridgehead atoms. The third kappa shape index (κ3) is 3.69. The van der Waals surface area contributed by atoms with Gasteiger partial charge in [0.25, 0.3) is 5.91 Å². The number of nitrogens with zero attached hydrogens (tertiary/aromatic N) is 4. The van der Waals surface area contributed by atoms with E-state index < -0.39 is 0 Å². The van der Waals surface area contributed by atoms with Gasteiger partial charge in [-0.1, -0.05) is 29.8 Å².